The first-order valence-electron chi connectivity index (χ1n) is 16.5. The Morgan fingerprint density at radius 1 is 0.956 bits per heavy atom. The molecular weight excluding hydrogens is 578 g/mol. The van der Waals surface area contributed by atoms with Crippen LogP contribution in [-0.2, 0) is 32.8 Å². The highest BCUT2D eigenvalue weighted by atomic mass is 19.1. The van der Waals surface area contributed by atoms with E-state index in [0.29, 0.717) is 25.9 Å². The highest BCUT2D eigenvalue weighted by molar-refractivity contribution is 6.35. The molecule has 1 heterocycles. The van der Waals surface area contributed by atoms with Crippen LogP contribution in [0.3, 0.4) is 0 Å². The molecule has 3 N–H and O–H groups in total. The monoisotopic (exact) mass is 626 g/mol. The summed E-state index contributed by atoms with van der Waals surface area (Å²) in [6.07, 6.45) is 5.04. The molecule has 45 heavy (non-hydrogen) atoms. The fourth-order valence-corrected chi connectivity index (χ4v) is 6.14. The minimum Gasteiger partial charge on any atom is -0.390 e. The van der Waals surface area contributed by atoms with Gasteiger partial charge >= 0.3 is 11.8 Å². The number of unbranched alkanes of at least 4 members (excludes halogenated alkanes) is 2. The van der Waals surface area contributed by atoms with E-state index < -0.39 is 47.5 Å². The Balaban J connectivity index is 1.53. The van der Waals surface area contributed by atoms with Gasteiger partial charge in [-0.25, -0.2) is 8.78 Å². The number of carbonyl (C=O) groups excluding carboxylic acids is 3. The molecule has 1 aliphatic carbocycles. The average molecular weight is 627 g/mol. The van der Waals surface area contributed by atoms with E-state index in [4.69, 9.17) is 0 Å². The van der Waals surface area contributed by atoms with Crippen molar-refractivity contribution in [1.29, 1.82) is 0 Å². The number of hydrogen-bond acceptors (Lipinski definition) is 5. The number of aliphatic hydroxyl groups is 1. The van der Waals surface area contributed by atoms with Gasteiger partial charge in [-0.05, 0) is 67.3 Å². The Morgan fingerprint density at radius 3 is 2.31 bits per heavy atom. The van der Waals surface area contributed by atoms with Crippen LogP contribution in [0.4, 0.5) is 8.78 Å². The number of aryl methyl sites for hydroxylation is 1. The van der Waals surface area contributed by atoms with Gasteiger partial charge in [0.05, 0.1) is 12.1 Å². The van der Waals surface area contributed by atoms with Gasteiger partial charge in [0, 0.05) is 37.8 Å². The average Bonchev–Trinajstić information content (AvgIpc) is 3.82. The Hall–Kier alpha value is -3.37. The number of nitrogens with zero attached hydrogens (tertiary/aromatic N) is 2. The quantitative estimate of drug-likeness (QED) is 0.228. The predicted molar refractivity (Wildman–Crippen MR) is 169 cm³/mol. The van der Waals surface area contributed by atoms with Crippen molar-refractivity contribution in [3.05, 3.63) is 70.8 Å². The van der Waals surface area contributed by atoms with Gasteiger partial charge in [0.1, 0.15) is 17.7 Å². The van der Waals surface area contributed by atoms with Crippen LogP contribution in [0.25, 0.3) is 0 Å². The van der Waals surface area contributed by atoms with E-state index >= 15 is 0 Å². The Morgan fingerprint density at radius 2 is 1.67 bits per heavy atom. The maximum Gasteiger partial charge on any atom is 0.312 e. The lowest BCUT2D eigenvalue weighted by atomic mass is 9.97. The maximum absolute atomic E-state index is 14.1. The lowest BCUT2D eigenvalue weighted by molar-refractivity contribution is -0.159. The molecule has 246 valence electrons. The molecule has 10 heteroatoms. The smallest absolute Gasteiger partial charge is 0.312 e. The Bertz CT molecular complexity index is 1310. The van der Waals surface area contributed by atoms with Crippen molar-refractivity contribution < 1.29 is 28.3 Å². The largest absolute Gasteiger partial charge is 0.390 e. The van der Waals surface area contributed by atoms with Crippen LogP contribution in [-0.4, -0.2) is 77.0 Å². The number of amides is 3. The number of benzene rings is 2. The van der Waals surface area contributed by atoms with E-state index in [1.165, 1.54) is 27.5 Å². The van der Waals surface area contributed by atoms with Crippen LogP contribution in [0.15, 0.2) is 42.5 Å². The molecule has 1 aliphatic heterocycles. The van der Waals surface area contributed by atoms with Crippen molar-refractivity contribution in [3.8, 4) is 0 Å². The van der Waals surface area contributed by atoms with Crippen LogP contribution in [0.1, 0.15) is 82.4 Å². The number of carbonyl (C=O) groups is 3. The molecule has 1 saturated heterocycles. The van der Waals surface area contributed by atoms with Crippen LogP contribution in [0, 0.1) is 11.6 Å². The van der Waals surface area contributed by atoms with Crippen LogP contribution in [0.5, 0.6) is 0 Å². The molecule has 2 aromatic rings. The molecule has 0 aromatic heterocycles. The molecule has 8 nitrogen and oxygen atoms in total. The summed E-state index contributed by atoms with van der Waals surface area (Å²) < 4.78 is 28.2. The summed E-state index contributed by atoms with van der Waals surface area (Å²) in [6.45, 7) is 7.30. The third-order valence-electron chi connectivity index (χ3n) is 9.09. The van der Waals surface area contributed by atoms with Crippen LogP contribution < -0.4 is 10.6 Å². The van der Waals surface area contributed by atoms with Crippen LogP contribution >= 0.6 is 0 Å². The van der Waals surface area contributed by atoms with E-state index in [9.17, 15) is 28.3 Å². The number of hydrogen-bond donors (Lipinski definition) is 3. The molecule has 2 fully saturated rings. The third kappa shape index (κ3) is 8.88. The Labute approximate surface area is 265 Å². The summed E-state index contributed by atoms with van der Waals surface area (Å²) >= 11 is 0. The molecule has 3 amide bonds. The van der Waals surface area contributed by atoms with Gasteiger partial charge in [-0.15, -0.1) is 0 Å². The maximum atomic E-state index is 14.1. The lowest BCUT2D eigenvalue weighted by Gasteiger charge is -2.38. The highest BCUT2D eigenvalue weighted by Gasteiger charge is 2.45. The molecule has 0 radical (unpaired) electrons. The summed E-state index contributed by atoms with van der Waals surface area (Å²) in [5.74, 6) is -3.31. The molecule has 0 bridgehead atoms. The number of nitrogens with one attached hydrogen (secondary N) is 2. The van der Waals surface area contributed by atoms with Gasteiger partial charge in [-0.2, -0.15) is 0 Å². The summed E-state index contributed by atoms with van der Waals surface area (Å²) in [4.78, 5) is 42.9. The molecule has 4 rings (SSSR count). The minimum absolute atomic E-state index is 0.0280. The second-order valence-electron chi connectivity index (χ2n) is 12.5. The first-order chi connectivity index (χ1) is 21.6. The summed E-state index contributed by atoms with van der Waals surface area (Å²) in [5.41, 5.74) is 2.37. The fraction of sp³-hybridized carbons (Fsp3) is 0.571. The van der Waals surface area contributed by atoms with E-state index in [1.54, 1.807) is 0 Å². The first-order valence-corrected chi connectivity index (χ1v) is 16.5. The second-order valence-corrected chi connectivity index (χ2v) is 12.5. The molecule has 1 saturated carbocycles. The van der Waals surface area contributed by atoms with Crippen molar-refractivity contribution >= 4 is 17.7 Å². The number of piperazine rings is 1. The SMILES string of the molecule is CCCCC(C(=O)N[C@@H](Cc1cc(F)cc(F)c1)[C@@H](O)CNC1(c2cccc(CC)c2)CC1)N1CCN(CCCC)C(=O)C1=O. The van der Waals surface area contributed by atoms with Crippen molar-refractivity contribution in [3.63, 3.8) is 0 Å². The zero-order chi connectivity index (χ0) is 32.6. The van der Waals surface area contributed by atoms with Crippen molar-refractivity contribution in [2.45, 2.75) is 102 Å². The van der Waals surface area contributed by atoms with E-state index in [0.717, 1.165) is 50.2 Å². The van der Waals surface area contributed by atoms with Gasteiger partial charge in [0.15, 0.2) is 0 Å². The highest BCUT2D eigenvalue weighted by Crippen LogP contribution is 2.45. The zero-order valence-corrected chi connectivity index (χ0v) is 26.8. The Kier molecular flexibility index (Phi) is 12.1. The van der Waals surface area contributed by atoms with E-state index in [2.05, 4.69) is 35.8 Å². The summed E-state index contributed by atoms with van der Waals surface area (Å²) in [7, 11) is 0. The number of aliphatic hydroxyl groups excluding tert-OH is 1. The zero-order valence-electron chi connectivity index (χ0n) is 26.8. The van der Waals surface area contributed by atoms with Gasteiger partial charge < -0.3 is 25.5 Å². The van der Waals surface area contributed by atoms with Crippen LogP contribution in [0.2, 0.25) is 0 Å². The van der Waals surface area contributed by atoms with Crippen molar-refractivity contribution in [1.82, 2.24) is 20.4 Å². The van der Waals surface area contributed by atoms with Gasteiger partial charge in [0.25, 0.3) is 0 Å². The molecular formula is C35H48F2N4O4. The van der Waals surface area contributed by atoms with E-state index in [1.807, 2.05) is 19.9 Å². The lowest BCUT2D eigenvalue weighted by Crippen LogP contribution is -2.62. The summed E-state index contributed by atoms with van der Waals surface area (Å²) in [5, 5.41) is 17.9. The van der Waals surface area contributed by atoms with Gasteiger partial charge in [-0.3, -0.25) is 14.4 Å². The van der Waals surface area contributed by atoms with Gasteiger partial charge in [0.2, 0.25) is 5.91 Å². The molecule has 3 atom stereocenters. The minimum atomic E-state index is -1.11. The standard InChI is InChI=1S/C35H48F2N4O4/c1-4-7-12-30(41-17-16-40(15-8-5-2)33(44)34(41)45)32(43)39-29(21-25-19-27(36)22-28(37)20-25)31(42)23-38-35(13-14-35)26-11-9-10-24(6-3)18-26/h9-11,18-20,22,29-31,38,42H,4-8,12-17,21,23H2,1-3H3,(H,39,43)/t29-,30?,31-/m0/s1. The predicted octanol–water partition coefficient (Wildman–Crippen LogP) is 4.22. The molecule has 1 unspecified atom stereocenters. The summed E-state index contributed by atoms with van der Waals surface area (Å²) in [6, 6.07) is 9.67. The molecule has 0 spiro atoms. The van der Waals surface area contributed by atoms with E-state index in [-0.39, 0.29) is 30.6 Å². The third-order valence-corrected chi connectivity index (χ3v) is 9.09. The number of halogens is 2. The second kappa shape index (κ2) is 15.8. The molecule has 2 aromatic carbocycles. The first kappa shape index (κ1) is 34.5. The number of rotatable bonds is 17. The normalized spacial score (nSPS) is 18.1. The van der Waals surface area contributed by atoms with Crippen molar-refractivity contribution in [2.24, 2.45) is 0 Å². The van der Waals surface area contributed by atoms with Crippen molar-refractivity contribution in [2.75, 3.05) is 26.2 Å². The fourth-order valence-electron chi connectivity index (χ4n) is 6.14. The topological polar surface area (TPSA) is 102 Å². The van der Waals surface area contributed by atoms with Gasteiger partial charge in [-0.1, -0.05) is 64.3 Å². The molecule has 2 aliphatic rings.